The van der Waals surface area contributed by atoms with Gasteiger partial charge in [0.25, 0.3) is 0 Å². The molecule has 0 bridgehead atoms. The maximum Gasteiger partial charge on any atom is 0.173 e. The van der Waals surface area contributed by atoms with E-state index in [9.17, 15) is 0 Å². The number of nitrogens with zero attached hydrogens (tertiary/aromatic N) is 1. The Bertz CT molecular complexity index is 677. The van der Waals surface area contributed by atoms with E-state index < -0.39 is 0 Å². The number of benzene rings is 1. The molecule has 1 aromatic carbocycles. The van der Waals surface area contributed by atoms with Gasteiger partial charge in [-0.15, -0.1) is 11.3 Å². The third-order valence-corrected chi connectivity index (χ3v) is 5.98. The molecule has 1 heterocycles. The highest BCUT2D eigenvalue weighted by atomic mass is 32.1. The van der Waals surface area contributed by atoms with Crippen molar-refractivity contribution in [3.05, 3.63) is 51.7 Å². The highest BCUT2D eigenvalue weighted by Gasteiger charge is 2.20. The van der Waals surface area contributed by atoms with Crippen LogP contribution in [0.5, 0.6) is 0 Å². The number of hydrogen-bond acceptors (Lipinski definition) is 2. The van der Waals surface area contributed by atoms with Crippen LogP contribution >= 0.6 is 23.6 Å². The van der Waals surface area contributed by atoms with Crippen molar-refractivity contribution >= 4 is 34.4 Å². The van der Waals surface area contributed by atoms with Crippen LogP contribution in [0.25, 0.3) is 0 Å². The maximum atomic E-state index is 5.85. The van der Waals surface area contributed by atoms with Crippen LogP contribution in [0.15, 0.2) is 35.7 Å². The van der Waals surface area contributed by atoms with E-state index in [1.165, 1.54) is 21.7 Å². The summed E-state index contributed by atoms with van der Waals surface area (Å²) in [5.41, 5.74) is 3.73. The largest absolute Gasteiger partial charge is 0.341 e. The van der Waals surface area contributed by atoms with Crippen molar-refractivity contribution in [2.24, 2.45) is 5.92 Å². The summed E-state index contributed by atoms with van der Waals surface area (Å²) in [6, 6.07) is 11.0. The molecule has 1 N–H and O–H groups in total. The van der Waals surface area contributed by atoms with Crippen LogP contribution in [0.3, 0.4) is 0 Å². The quantitative estimate of drug-likeness (QED) is 0.563. The van der Waals surface area contributed by atoms with Crippen LogP contribution in [0.1, 0.15) is 56.2 Å². The van der Waals surface area contributed by atoms with Crippen molar-refractivity contribution in [1.82, 2.24) is 4.90 Å². The number of rotatable bonds is 7. The Kier molecular flexibility index (Phi) is 7.45. The topological polar surface area (TPSA) is 15.3 Å². The van der Waals surface area contributed by atoms with Crippen LogP contribution in [0.4, 0.5) is 5.69 Å². The molecule has 0 aliphatic rings. The Morgan fingerprint density at radius 1 is 1.20 bits per heavy atom. The van der Waals surface area contributed by atoms with Gasteiger partial charge in [0.1, 0.15) is 0 Å². The van der Waals surface area contributed by atoms with E-state index in [1.807, 2.05) is 0 Å². The molecule has 0 fully saturated rings. The number of nitrogens with one attached hydrogen (secondary N) is 1. The highest BCUT2D eigenvalue weighted by Crippen LogP contribution is 2.28. The summed E-state index contributed by atoms with van der Waals surface area (Å²) in [5.74, 6) is 0.658. The monoisotopic (exact) mass is 374 g/mol. The molecule has 0 unspecified atom stereocenters. The first-order valence-electron chi connectivity index (χ1n) is 9.13. The molecule has 2 rings (SSSR count). The molecule has 0 radical (unpaired) electrons. The lowest BCUT2D eigenvalue weighted by Gasteiger charge is -2.32. The Hall–Kier alpha value is -1.39. The van der Waals surface area contributed by atoms with Gasteiger partial charge in [-0.2, -0.15) is 0 Å². The number of thiophene rings is 1. The summed E-state index contributed by atoms with van der Waals surface area (Å²) in [5, 5.41) is 6.52. The molecule has 0 spiro atoms. The van der Waals surface area contributed by atoms with Crippen molar-refractivity contribution < 1.29 is 0 Å². The van der Waals surface area contributed by atoms with Crippen molar-refractivity contribution in [1.29, 1.82) is 0 Å². The van der Waals surface area contributed by atoms with Gasteiger partial charge in [0, 0.05) is 17.1 Å². The normalized spacial score (nSPS) is 12.2. The number of thiocarbonyl (C=S) groups is 1. The molecule has 1 aromatic heterocycles. The summed E-state index contributed by atoms with van der Waals surface area (Å²) in [6.45, 7) is 12.1. The number of anilines is 1. The average molecular weight is 375 g/mol. The van der Waals surface area contributed by atoms with Gasteiger partial charge in [-0.3, -0.25) is 0 Å². The van der Waals surface area contributed by atoms with Crippen LogP contribution in [0.2, 0.25) is 0 Å². The third kappa shape index (κ3) is 5.29. The fourth-order valence-corrected chi connectivity index (χ4v) is 4.08. The predicted octanol–water partition coefficient (Wildman–Crippen LogP) is 6.43. The van der Waals surface area contributed by atoms with Crippen molar-refractivity contribution in [2.75, 3.05) is 11.9 Å². The number of hydrogen-bond donors (Lipinski definition) is 1. The molecule has 2 nitrogen and oxygen atoms in total. The minimum atomic E-state index is 0.285. The lowest BCUT2D eigenvalue weighted by molar-refractivity contribution is 0.321. The van der Waals surface area contributed by atoms with Crippen LogP contribution in [0, 0.1) is 12.8 Å². The van der Waals surface area contributed by atoms with Gasteiger partial charge in [-0.05, 0) is 67.4 Å². The fourth-order valence-electron chi connectivity index (χ4n) is 2.93. The first-order chi connectivity index (χ1) is 11.9. The molecule has 0 amide bonds. The molecule has 0 aliphatic carbocycles. The molecule has 0 aliphatic heterocycles. The zero-order valence-corrected chi connectivity index (χ0v) is 17.6. The molecular weight excluding hydrogens is 344 g/mol. The molecule has 25 heavy (non-hydrogen) atoms. The van der Waals surface area contributed by atoms with Gasteiger partial charge in [0.2, 0.25) is 0 Å². The zero-order chi connectivity index (χ0) is 18.4. The smallest absolute Gasteiger partial charge is 0.173 e. The second-order valence-electron chi connectivity index (χ2n) is 6.96. The Labute approximate surface area is 162 Å². The average Bonchev–Trinajstić information content (AvgIpc) is 3.11. The van der Waals surface area contributed by atoms with Crippen molar-refractivity contribution in [2.45, 2.75) is 53.5 Å². The molecule has 136 valence electrons. The van der Waals surface area contributed by atoms with E-state index in [0.29, 0.717) is 5.92 Å². The van der Waals surface area contributed by atoms with Crippen molar-refractivity contribution in [3.8, 4) is 0 Å². The molecule has 0 saturated carbocycles. The Morgan fingerprint density at radius 3 is 2.56 bits per heavy atom. The zero-order valence-electron chi connectivity index (χ0n) is 16.0. The predicted molar refractivity (Wildman–Crippen MR) is 116 cm³/mol. The molecular formula is C21H30N2S2. The maximum absolute atomic E-state index is 5.85. The first-order valence-corrected chi connectivity index (χ1v) is 10.4. The van der Waals surface area contributed by atoms with Gasteiger partial charge in [0.05, 0.1) is 6.04 Å². The van der Waals surface area contributed by atoms with Crippen LogP contribution in [-0.4, -0.2) is 16.6 Å². The summed E-state index contributed by atoms with van der Waals surface area (Å²) < 4.78 is 0. The van der Waals surface area contributed by atoms with E-state index in [-0.39, 0.29) is 6.04 Å². The first kappa shape index (κ1) is 19.9. The van der Waals surface area contributed by atoms with Crippen LogP contribution < -0.4 is 5.32 Å². The standard InChI is InChI=1S/C21H30N2S2/c1-6-18-10-7-9-16(4)20(18)22-21(24)23(13-12-15(2)3)17(5)19-11-8-14-25-19/h7-11,14-15,17H,6,12-13H2,1-5H3,(H,22,24)/t17-/m0/s1. The molecule has 1 atom stereocenters. The third-order valence-electron chi connectivity index (χ3n) is 4.60. The fraction of sp³-hybridized carbons (Fsp3) is 0.476. The Morgan fingerprint density at radius 2 is 1.96 bits per heavy atom. The number of aryl methyl sites for hydroxylation is 2. The number of para-hydroxylation sites is 1. The second kappa shape index (κ2) is 9.35. The van der Waals surface area contributed by atoms with Gasteiger partial charge < -0.3 is 10.2 Å². The molecule has 4 heteroatoms. The minimum Gasteiger partial charge on any atom is -0.341 e. The SMILES string of the molecule is CCc1cccc(C)c1NC(=S)N(CCC(C)C)[C@@H](C)c1cccs1. The van der Waals surface area contributed by atoms with E-state index in [1.54, 1.807) is 11.3 Å². The molecule has 2 aromatic rings. The second-order valence-corrected chi connectivity index (χ2v) is 8.33. The van der Waals surface area contributed by atoms with Crippen molar-refractivity contribution in [3.63, 3.8) is 0 Å². The van der Waals surface area contributed by atoms with E-state index in [0.717, 1.165) is 24.5 Å². The van der Waals surface area contributed by atoms with E-state index in [2.05, 4.69) is 80.5 Å². The Balaban J connectivity index is 2.23. The summed E-state index contributed by atoms with van der Waals surface area (Å²) in [7, 11) is 0. The van der Waals surface area contributed by atoms with Crippen LogP contribution in [-0.2, 0) is 6.42 Å². The van der Waals surface area contributed by atoms with E-state index in [4.69, 9.17) is 12.2 Å². The van der Waals surface area contributed by atoms with Gasteiger partial charge in [-0.1, -0.05) is 45.0 Å². The van der Waals surface area contributed by atoms with Gasteiger partial charge in [-0.25, -0.2) is 0 Å². The van der Waals surface area contributed by atoms with Gasteiger partial charge >= 0.3 is 0 Å². The van der Waals surface area contributed by atoms with Gasteiger partial charge in [0.15, 0.2) is 5.11 Å². The lowest BCUT2D eigenvalue weighted by atomic mass is 10.1. The summed E-state index contributed by atoms with van der Waals surface area (Å²) >= 11 is 7.65. The summed E-state index contributed by atoms with van der Waals surface area (Å²) in [6.07, 6.45) is 2.13. The van der Waals surface area contributed by atoms with E-state index >= 15 is 0 Å². The minimum absolute atomic E-state index is 0.285. The summed E-state index contributed by atoms with van der Waals surface area (Å²) in [4.78, 5) is 3.70. The lowest BCUT2D eigenvalue weighted by Crippen LogP contribution is -2.38. The highest BCUT2D eigenvalue weighted by molar-refractivity contribution is 7.80. The molecule has 0 saturated heterocycles.